The summed E-state index contributed by atoms with van der Waals surface area (Å²) in [7, 11) is 0. The third kappa shape index (κ3) is 4.23. The van der Waals surface area contributed by atoms with Gasteiger partial charge in [0.2, 0.25) is 0 Å². The molecule has 0 radical (unpaired) electrons. The van der Waals surface area contributed by atoms with E-state index in [1.54, 1.807) is 0 Å². The van der Waals surface area contributed by atoms with Crippen LogP contribution >= 0.6 is 0 Å². The van der Waals surface area contributed by atoms with Gasteiger partial charge in [-0.05, 0) is 58.2 Å². The number of hydrogen-bond donors (Lipinski definition) is 1. The molecule has 17 heavy (non-hydrogen) atoms. The van der Waals surface area contributed by atoms with Crippen molar-refractivity contribution in [1.82, 2.24) is 9.80 Å². The Morgan fingerprint density at radius 1 is 1.00 bits per heavy atom. The van der Waals surface area contributed by atoms with Crippen molar-refractivity contribution in [2.24, 2.45) is 5.92 Å². The van der Waals surface area contributed by atoms with Crippen molar-refractivity contribution >= 4 is 0 Å². The topological polar surface area (TPSA) is 26.7 Å². The summed E-state index contributed by atoms with van der Waals surface area (Å²) in [5, 5.41) is 9.67. The lowest BCUT2D eigenvalue weighted by Crippen LogP contribution is -2.44. The predicted octanol–water partition coefficient (Wildman–Crippen LogP) is 1.57. The maximum Gasteiger partial charge on any atom is 0.0552 e. The summed E-state index contributed by atoms with van der Waals surface area (Å²) in [5.41, 5.74) is 0. The summed E-state index contributed by atoms with van der Waals surface area (Å²) in [5.74, 6) is 0.505. The highest BCUT2D eigenvalue weighted by Gasteiger charge is 2.23. The molecule has 0 aromatic heterocycles. The first kappa shape index (κ1) is 13.3. The molecule has 0 bridgehead atoms. The number of aliphatic hydroxyl groups excluding tert-OH is 1. The van der Waals surface area contributed by atoms with Gasteiger partial charge in [-0.1, -0.05) is 6.42 Å². The first-order chi connectivity index (χ1) is 8.25. The van der Waals surface area contributed by atoms with E-state index in [4.69, 9.17) is 0 Å². The molecule has 100 valence electrons. The maximum atomic E-state index is 9.67. The van der Waals surface area contributed by atoms with Gasteiger partial charge in [-0.15, -0.1) is 0 Å². The summed E-state index contributed by atoms with van der Waals surface area (Å²) >= 11 is 0. The molecule has 3 nitrogen and oxygen atoms in total. The number of piperidine rings is 2. The molecule has 2 aliphatic heterocycles. The van der Waals surface area contributed by atoms with E-state index in [0.717, 1.165) is 6.54 Å². The summed E-state index contributed by atoms with van der Waals surface area (Å²) in [6.45, 7) is 9.30. The largest absolute Gasteiger partial charge is 0.393 e. The van der Waals surface area contributed by atoms with Crippen LogP contribution in [-0.4, -0.2) is 60.3 Å². The van der Waals surface area contributed by atoms with Crippen LogP contribution in [0.4, 0.5) is 0 Å². The van der Waals surface area contributed by atoms with Crippen LogP contribution in [0.5, 0.6) is 0 Å². The normalized spacial score (nSPS) is 30.4. The Hall–Kier alpha value is -0.120. The van der Waals surface area contributed by atoms with Crippen LogP contribution in [0.3, 0.4) is 0 Å². The fraction of sp³-hybridized carbons (Fsp3) is 1.00. The number of likely N-dealkylation sites (tertiary alicyclic amines) is 2. The zero-order valence-corrected chi connectivity index (χ0v) is 11.3. The van der Waals surface area contributed by atoms with Crippen molar-refractivity contribution in [3.05, 3.63) is 0 Å². The van der Waals surface area contributed by atoms with Crippen molar-refractivity contribution in [2.75, 3.05) is 39.3 Å². The summed E-state index contributed by atoms with van der Waals surface area (Å²) in [4.78, 5) is 5.16. The lowest BCUT2D eigenvalue weighted by molar-refractivity contribution is 0.0573. The Labute approximate surface area is 106 Å². The van der Waals surface area contributed by atoms with E-state index in [1.165, 1.54) is 64.8 Å². The van der Waals surface area contributed by atoms with Gasteiger partial charge in [-0.2, -0.15) is 0 Å². The van der Waals surface area contributed by atoms with Gasteiger partial charge in [0.25, 0.3) is 0 Å². The zero-order valence-electron chi connectivity index (χ0n) is 11.3. The minimum absolute atomic E-state index is 0.132. The van der Waals surface area contributed by atoms with Gasteiger partial charge >= 0.3 is 0 Å². The molecule has 0 spiro atoms. The number of nitrogens with zero attached hydrogens (tertiary/aromatic N) is 2. The summed E-state index contributed by atoms with van der Waals surface area (Å²) in [6, 6.07) is 0. The number of rotatable bonds is 4. The fourth-order valence-corrected chi connectivity index (χ4v) is 3.15. The zero-order chi connectivity index (χ0) is 12.1. The Morgan fingerprint density at radius 2 is 1.65 bits per heavy atom. The van der Waals surface area contributed by atoms with Crippen molar-refractivity contribution in [3.63, 3.8) is 0 Å². The Morgan fingerprint density at radius 3 is 2.35 bits per heavy atom. The van der Waals surface area contributed by atoms with Crippen LogP contribution in [0.2, 0.25) is 0 Å². The molecule has 3 heteroatoms. The molecule has 2 saturated heterocycles. The SMILES string of the molecule is CC(O)C1CCCN(CCN2CCCCC2)C1. The third-order valence-electron chi connectivity index (χ3n) is 4.41. The quantitative estimate of drug-likeness (QED) is 0.808. The second kappa shape index (κ2) is 6.72. The fourth-order valence-electron chi connectivity index (χ4n) is 3.15. The number of aliphatic hydroxyl groups is 1. The van der Waals surface area contributed by atoms with Gasteiger partial charge in [0.15, 0.2) is 0 Å². The molecular weight excluding hydrogens is 212 g/mol. The molecule has 2 rings (SSSR count). The van der Waals surface area contributed by atoms with Gasteiger partial charge in [0, 0.05) is 19.6 Å². The second-order valence-electron chi connectivity index (χ2n) is 5.85. The molecule has 0 amide bonds. The second-order valence-corrected chi connectivity index (χ2v) is 5.85. The highest BCUT2D eigenvalue weighted by molar-refractivity contribution is 4.77. The van der Waals surface area contributed by atoms with E-state index in [-0.39, 0.29) is 6.10 Å². The highest BCUT2D eigenvalue weighted by Crippen LogP contribution is 2.19. The molecule has 0 aromatic rings. The van der Waals surface area contributed by atoms with E-state index in [9.17, 15) is 5.11 Å². The molecule has 2 atom stereocenters. The standard InChI is InChI=1S/C14H28N2O/c1-13(17)14-6-5-9-16(12-14)11-10-15-7-3-2-4-8-15/h13-14,17H,2-12H2,1H3. The van der Waals surface area contributed by atoms with Gasteiger partial charge in [0.05, 0.1) is 6.10 Å². The van der Waals surface area contributed by atoms with Gasteiger partial charge in [-0.3, -0.25) is 0 Å². The van der Waals surface area contributed by atoms with Crippen molar-refractivity contribution in [3.8, 4) is 0 Å². The van der Waals surface area contributed by atoms with E-state index >= 15 is 0 Å². The van der Waals surface area contributed by atoms with Crippen molar-refractivity contribution in [1.29, 1.82) is 0 Å². The van der Waals surface area contributed by atoms with Crippen LogP contribution in [0.25, 0.3) is 0 Å². The monoisotopic (exact) mass is 240 g/mol. The first-order valence-electron chi connectivity index (χ1n) is 7.38. The minimum Gasteiger partial charge on any atom is -0.393 e. The molecule has 0 aromatic carbocycles. The van der Waals surface area contributed by atoms with E-state index in [1.807, 2.05) is 6.92 Å². The average molecular weight is 240 g/mol. The Bertz CT molecular complexity index is 214. The molecule has 2 heterocycles. The van der Waals surface area contributed by atoms with E-state index in [2.05, 4.69) is 9.80 Å². The lowest BCUT2D eigenvalue weighted by Gasteiger charge is -2.36. The molecule has 2 unspecified atom stereocenters. The van der Waals surface area contributed by atoms with Gasteiger partial charge in [-0.25, -0.2) is 0 Å². The molecular formula is C14H28N2O. The summed E-state index contributed by atoms with van der Waals surface area (Å²) in [6.07, 6.45) is 6.53. The molecule has 2 fully saturated rings. The van der Waals surface area contributed by atoms with Crippen molar-refractivity contribution < 1.29 is 5.11 Å². The Balaban J connectivity index is 1.67. The lowest BCUT2D eigenvalue weighted by atomic mass is 9.93. The third-order valence-corrected chi connectivity index (χ3v) is 4.41. The van der Waals surface area contributed by atoms with Gasteiger partial charge in [0.1, 0.15) is 0 Å². The molecule has 2 aliphatic rings. The van der Waals surface area contributed by atoms with E-state index in [0.29, 0.717) is 5.92 Å². The van der Waals surface area contributed by atoms with Crippen LogP contribution in [0.15, 0.2) is 0 Å². The van der Waals surface area contributed by atoms with E-state index < -0.39 is 0 Å². The average Bonchev–Trinajstić information content (AvgIpc) is 2.38. The summed E-state index contributed by atoms with van der Waals surface area (Å²) < 4.78 is 0. The number of hydrogen-bond acceptors (Lipinski definition) is 3. The van der Waals surface area contributed by atoms with Crippen molar-refractivity contribution in [2.45, 2.75) is 45.1 Å². The van der Waals surface area contributed by atoms with Crippen LogP contribution in [-0.2, 0) is 0 Å². The maximum absolute atomic E-state index is 9.67. The minimum atomic E-state index is -0.132. The van der Waals surface area contributed by atoms with Crippen LogP contribution < -0.4 is 0 Å². The smallest absolute Gasteiger partial charge is 0.0552 e. The molecule has 0 aliphatic carbocycles. The van der Waals surface area contributed by atoms with Crippen LogP contribution in [0.1, 0.15) is 39.0 Å². The highest BCUT2D eigenvalue weighted by atomic mass is 16.3. The Kier molecular flexibility index (Phi) is 5.26. The van der Waals surface area contributed by atoms with Crippen LogP contribution in [0, 0.1) is 5.92 Å². The molecule has 0 saturated carbocycles. The van der Waals surface area contributed by atoms with Gasteiger partial charge < -0.3 is 14.9 Å². The molecule has 1 N–H and O–H groups in total. The predicted molar refractivity (Wildman–Crippen MR) is 71.1 cm³/mol. The first-order valence-corrected chi connectivity index (χ1v) is 7.38.